The van der Waals surface area contributed by atoms with E-state index in [0.29, 0.717) is 79.8 Å². The maximum Gasteiger partial charge on any atom is 0.410 e. The molecule has 1 fully saturated rings. The van der Waals surface area contributed by atoms with Gasteiger partial charge < -0.3 is 29.7 Å². The number of hydrogen-bond donors (Lipinski definition) is 1. The van der Waals surface area contributed by atoms with Gasteiger partial charge in [-0.2, -0.15) is 5.10 Å². The van der Waals surface area contributed by atoms with Gasteiger partial charge >= 0.3 is 6.09 Å². The number of amides is 3. The molecule has 12 heteroatoms. The molecule has 228 valence electrons. The molecule has 3 aromatic rings. The minimum absolute atomic E-state index is 0.0958. The van der Waals surface area contributed by atoms with E-state index in [4.69, 9.17) is 19.9 Å². The van der Waals surface area contributed by atoms with Crippen LogP contribution in [0.15, 0.2) is 42.5 Å². The number of primary amides is 1. The molecule has 0 radical (unpaired) electrons. The molecule has 0 saturated carbocycles. The van der Waals surface area contributed by atoms with E-state index >= 15 is 0 Å². The smallest absolute Gasteiger partial charge is 0.410 e. The van der Waals surface area contributed by atoms with Gasteiger partial charge in [0.15, 0.2) is 5.69 Å². The molecule has 1 saturated heterocycles. The van der Waals surface area contributed by atoms with E-state index in [-0.39, 0.29) is 17.7 Å². The van der Waals surface area contributed by atoms with Crippen molar-refractivity contribution in [1.29, 1.82) is 0 Å². The zero-order valence-corrected chi connectivity index (χ0v) is 25.3. The summed E-state index contributed by atoms with van der Waals surface area (Å²) in [7, 11) is 3.18. The van der Waals surface area contributed by atoms with E-state index in [9.17, 15) is 14.4 Å². The minimum Gasteiger partial charge on any atom is -0.497 e. The predicted octanol–water partition coefficient (Wildman–Crippen LogP) is 3.24. The number of anilines is 1. The highest BCUT2D eigenvalue weighted by molar-refractivity contribution is 6.09. The Balaban J connectivity index is 1.34. The Hall–Kier alpha value is -4.58. The third-order valence-electron chi connectivity index (χ3n) is 7.57. The number of aromatic nitrogens is 2. The van der Waals surface area contributed by atoms with Crippen LogP contribution in [0.3, 0.4) is 0 Å². The third kappa shape index (κ3) is 6.29. The van der Waals surface area contributed by atoms with Crippen LogP contribution in [0.1, 0.15) is 52.9 Å². The van der Waals surface area contributed by atoms with Gasteiger partial charge in [0.05, 0.1) is 19.9 Å². The van der Waals surface area contributed by atoms with E-state index in [1.54, 1.807) is 48.3 Å². The normalized spacial score (nSPS) is 15.7. The second-order valence-electron chi connectivity index (χ2n) is 11.6. The lowest BCUT2D eigenvalue weighted by Crippen LogP contribution is -2.49. The second kappa shape index (κ2) is 12.0. The largest absolute Gasteiger partial charge is 0.497 e. The molecule has 0 aliphatic carbocycles. The zero-order chi connectivity index (χ0) is 30.9. The van der Waals surface area contributed by atoms with E-state index in [0.717, 1.165) is 5.56 Å². The number of nitrogens with zero attached hydrogens (tertiary/aromatic N) is 5. The Kier molecular flexibility index (Phi) is 8.32. The maximum atomic E-state index is 13.9. The van der Waals surface area contributed by atoms with E-state index in [1.807, 2.05) is 39.0 Å². The molecule has 0 bridgehead atoms. The molecule has 1 aromatic heterocycles. The molecule has 2 aliphatic heterocycles. The fourth-order valence-electron chi connectivity index (χ4n) is 5.40. The zero-order valence-electron chi connectivity index (χ0n) is 25.3. The van der Waals surface area contributed by atoms with Gasteiger partial charge in [0.1, 0.15) is 22.8 Å². The molecule has 0 atom stereocenters. The first kappa shape index (κ1) is 29.9. The molecular formula is C31H38N6O6. The monoisotopic (exact) mass is 590 g/mol. The van der Waals surface area contributed by atoms with Crippen molar-refractivity contribution >= 4 is 23.6 Å². The Morgan fingerprint density at radius 1 is 0.930 bits per heavy atom. The average molecular weight is 591 g/mol. The number of ether oxygens (including phenoxy) is 3. The van der Waals surface area contributed by atoms with Crippen molar-refractivity contribution in [2.75, 3.05) is 51.8 Å². The molecule has 43 heavy (non-hydrogen) atoms. The first-order valence-corrected chi connectivity index (χ1v) is 14.2. The Labute approximate surface area is 250 Å². The van der Waals surface area contributed by atoms with E-state index in [1.165, 1.54) is 4.68 Å². The number of benzene rings is 2. The van der Waals surface area contributed by atoms with Gasteiger partial charge in [-0.25, -0.2) is 9.48 Å². The topological polar surface area (TPSA) is 132 Å². The molecule has 2 aromatic carbocycles. The lowest BCUT2D eigenvalue weighted by atomic mass is 10.0. The van der Waals surface area contributed by atoms with Gasteiger partial charge in [-0.15, -0.1) is 0 Å². The third-order valence-corrected chi connectivity index (χ3v) is 7.57. The van der Waals surface area contributed by atoms with Crippen molar-refractivity contribution < 1.29 is 28.6 Å². The molecule has 12 nitrogen and oxygen atoms in total. The van der Waals surface area contributed by atoms with Gasteiger partial charge in [-0.05, 0) is 57.5 Å². The number of methoxy groups -OCH3 is 2. The first-order valence-electron chi connectivity index (χ1n) is 14.2. The van der Waals surface area contributed by atoms with Crippen LogP contribution < -0.4 is 20.1 Å². The summed E-state index contributed by atoms with van der Waals surface area (Å²) in [5.41, 5.74) is 8.31. The highest BCUT2D eigenvalue weighted by atomic mass is 16.6. The van der Waals surface area contributed by atoms with Crippen molar-refractivity contribution in [2.45, 2.75) is 39.3 Å². The standard InChI is InChI=1S/C31H38N6O6/c1-31(2,3)43-30(40)35-16-14-34(15-17-35)19-20-6-7-22(18-25(20)42-5)36-13-12-24-26(28(32)38)33-37(27(24)29(36)39)21-8-10-23(41-4)11-9-21/h6-11,18H,12-17,19H2,1-5H3,(H2,32,38). The van der Waals surface area contributed by atoms with Crippen LogP contribution in [-0.4, -0.2) is 90.0 Å². The minimum atomic E-state index is -0.678. The highest BCUT2D eigenvalue weighted by Gasteiger charge is 2.35. The predicted molar refractivity (Wildman–Crippen MR) is 160 cm³/mol. The summed E-state index contributed by atoms with van der Waals surface area (Å²) in [4.78, 5) is 44.3. The summed E-state index contributed by atoms with van der Waals surface area (Å²) in [5, 5.41) is 4.43. The molecule has 3 heterocycles. The van der Waals surface area contributed by atoms with E-state index in [2.05, 4.69) is 10.00 Å². The van der Waals surface area contributed by atoms with Crippen LogP contribution in [0.2, 0.25) is 0 Å². The fraction of sp³-hybridized carbons (Fsp3) is 0.419. The quantitative estimate of drug-likeness (QED) is 0.444. The summed E-state index contributed by atoms with van der Waals surface area (Å²) < 4.78 is 18.0. The van der Waals surface area contributed by atoms with Gasteiger partial charge in [0.25, 0.3) is 11.8 Å². The molecule has 0 unspecified atom stereocenters. The molecule has 2 aliphatic rings. The number of carbonyl (C=O) groups excluding carboxylic acids is 3. The van der Waals surface area contributed by atoms with Crippen molar-refractivity contribution in [3.8, 4) is 17.2 Å². The van der Waals surface area contributed by atoms with Crippen LogP contribution in [0.4, 0.5) is 10.5 Å². The summed E-state index contributed by atoms with van der Waals surface area (Å²) in [6.45, 7) is 9.14. The summed E-state index contributed by atoms with van der Waals surface area (Å²) in [6, 6.07) is 12.8. The SMILES string of the molecule is COc1ccc(-n2nc(C(N)=O)c3c2C(=O)N(c2ccc(CN4CCN(C(=O)OC(C)(C)C)CC4)c(OC)c2)CC3)cc1. The Morgan fingerprint density at radius 3 is 2.21 bits per heavy atom. The van der Waals surface area contributed by atoms with Crippen LogP contribution in [0.5, 0.6) is 11.5 Å². The Morgan fingerprint density at radius 2 is 1.60 bits per heavy atom. The van der Waals surface area contributed by atoms with E-state index < -0.39 is 11.5 Å². The van der Waals surface area contributed by atoms with Gasteiger partial charge in [0.2, 0.25) is 0 Å². The van der Waals surface area contributed by atoms with Gasteiger partial charge in [-0.1, -0.05) is 6.07 Å². The van der Waals surface area contributed by atoms with Crippen molar-refractivity contribution in [3.05, 3.63) is 65.0 Å². The number of hydrogen-bond acceptors (Lipinski definition) is 8. The first-order chi connectivity index (χ1) is 20.5. The summed E-state index contributed by atoms with van der Waals surface area (Å²) in [5.74, 6) is 0.352. The van der Waals surface area contributed by atoms with Crippen molar-refractivity contribution in [1.82, 2.24) is 19.6 Å². The van der Waals surface area contributed by atoms with Gasteiger partial charge in [0, 0.05) is 62.1 Å². The van der Waals surface area contributed by atoms with Crippen molar-refractivity contribution in [2.24, 2.45) is 5.73 Å². The molecule has 0 spiro atoms. The Bertz CT molecular complexity index is 1520. The fourth-order valence-corrected chi connectivity index (χ4v) is 5.40. The number of rotatable bonds is 7. The molecular weight excluding hydrogens is 552 g/mol. The average Bonchev–Trinajstić information content (AvgIpc) is 3.38. The number of carbonyl (C=O) groups is 3. The number of nitrogens with two attached hydrogens (primary N) is 1. The maximum absolute atomic E-state index is 13.9. The molecule has 3 amide bonds. The lowest BCUT2D eigenvalue weighted by molar-refractivity contribution is 0.0138. The van der Waals surface area contributed by atoms with Crippen LogP contribution >= 0.6 is 0 Å². The highest BCUT2D eigenvalue weighted by Crippen LogP contribution is 2.33. The van der Waals surface area contributed by atoms with Crippen molar-refractivity contribution in [3.63, 3.8) is 0 Å². The molecule has 5 rings (SSSR count). The number of piperazine rings is 1. The van der Waals surface area contributed by atoms with Crippen LogP contribution in [0.25, 0.3) is 5.69 Å². The lowest BCUT2D eigenvalue weighted by Gasteiger charge is -2.35. The number of fused-ring (bicyclic) bond motifs is 1. The van der Waals surface area contributed by atoms with Crippen LogP contribution in [0, 0.1) is 0 Å². The summed E-state index contributed by atoms with van der Waals surface area (Å²) in [6.07, 6.45) is 0.126. The summed E-state index contributed by atoms with van der Waals surface area (Å²) >= 11 is 0. The van der Waals surface area contributed by atoms with Crippen LogP contribution in [-0.2, 0) is 17.7 Å². The molecule has 2 N–H and O–H groups in total. The second-order valence-corrected chi connectivity index (χ2v) is 11.6. The van der Waals surface area contributed by atoms with Gasteiger partial charge in [-0.3, -0.25) is 14.5 Å².